The minimum Gasteiger partial charge on any atom is -0.387 e. The number of hydrogen-bond acceptors (Lipinski definition) is 9. The van der Waals surface area contributed by atoms with Crippen LogP contribution in [0.5, 0.6) is 0 Å². The predicted octanol–water partition coefficient (Wildman–Crippen LogP) is 5.25. The molecule has 0 saturated carbocycles. The average Bonchev–Trinajstić information content (AvgIpc) is 4.00. The first kappa shape index (κ1) is 38.2. The molecule has 5 N–H and O–H groups in total. The van der Waals surface area contributed by atoms with Gasteiger partial charge < -0.3 is 35.5 Å². The summed E-state index contributed by atoms with van der Waals surface area (Å²) in [5, 5.41) is 14.7. The molecule has 288 valence electrons. The van der Waals surface area contributed by atoms with Gasteiger partial charge in [-0.1, -0.05) is 33.8 Å². The van der Waals surface area contributed by atoms with Crippen LogP contribution in [0.4, 0.5) is 0 Å². The fourth-order valence-corrected chi connectivity index (χ4v) is 9.77. The maximum absolute atomic E-state index is 13.6. The van der Waals surface area contributed by atoms with Gasteiger partial charge in [-0.05, 0) is 79.2 Å². The van der Waals surface area contributed by atoms with E-state index in [4.69, 9.17) is 4.98 Å². The summed E-state index contributed by atoms with van der Waals surface area (Å²) in [7, 11) is 0. The third-order valence-electron chi connectivity index (χ3n) is 10.3. The number of H-pyrrole nitrogens is 2. The number of imidazole rings is 2. The van der Waals surface area contributed by atoms with E-state index in [9.17, 15) is 24.3 Å². The zero-order valence-electron chi connectivity index (χ0n) is 31.6. The molecule has 55 heavy (non-hydrogen) atoms. The van der Waals surface area contributed by atoms with E-state index in [-0.39, 0.29) is 41.6 Å². The Morgan fingerprint density at radius 3 is 2.16 bits per heavy atom. The Kier molecular flexibility index (Phi) is 11.1. The van der Waals surface area contributed by atoms with Crippen molar-refractivity contribution >= 4 is 66.7 Å². The van der Waals surface area contributed by atoms with Gasteiger partial charge in [0.15, 0.2) is 0 Å². The number of carbonyl (C=O) groups excluding carboxylic acids is 4. The molecule has 6 heterocycles. The summed E-state index contributed by atoms with van der Waals surface area (Å²) in [5.41, 5.74) is 3.44. The first-order valence-corrected chi connectivity index (χ1v) is 20.4. The summed E-state index contributed by atoms with van der Waals surface area (Å²) in [5.74, 6) is 6.72. The van der Waals surface area contributed by atoms with Gasteiger partial charge in [0.25, 0.3) is 0 Å². The van der Waals surface area contributed by atoms with Crippen molar-refractivity contribution in [1.82, 2.24) is 40.4 Å². The van der Waals surface area contributed by atoms with E-state index in [1.165, 1.54) is 6.92 Å². The SMILES string of the molecule is CC(=O)N[C@@H](C(=O)N1CCC[C@@H]1c1ncc(C#Cc2cc3sc(-c4ccc5[nH]c(C6CCCN6C(=O)[C@H](NC(=O)CO)C(C)C)nc5c4)cc3s2)[nH]1)C(C)C. The second kappa shape index (κ2) is 16.0. The van der Waals surface area contributed by atoms with E-state index in [1.54, 1.807) is 33.8 Å². The zero-order valence-corrected chi connectivity index (χ0v) is 33.2. The number of nitrogens with zero attached hydrogens (tertiary/aromatic N) is 4. The number of rotatable bonds is 10. The van der Waals surface area contributed by atoms with Crippen LogP contribution >= 0.6 is 22.7 Å². The van der Waals surface area contributed by atoms with Gasteiger partial charge in [0.2, 0.25) is 23.6 Å². The molecule has 15 heteroatoms. The fraction of sp³-hybridized carbons (Fsp3) is 0.450. The number of aromatic amines is 2. The smallest absolute Gasteiger partial charge is 0.246 e. The highest BCUT2D eigenvalue weighted by atomic mass is 32.1. The van der Waals surface area contributed by atoms with Crippen LogP contribution in [0.25, 0.3) is 30.9 Å². The van der Waals surface area contributed by atoms with Crippen LogP contribution in [-0.4, -0.2) is 90.3 Å². The molecule has 4 atom stereocenters. The number of carbonyl (C=O) groups is 4. The molecule has 4 amide bonds. The first-order chi connectivity index (χ1) is 26.4. The first-order valence-electron chi connectivity index (χ1n) is 18.8. The van der Waals surface area contributed by atoms with Crippen molar-refractivity contribution in [2.45, 2.75) is 84.5 Å². The number of benzene rings is 1. The number of thiophene rings is 2. The minimum absolute atomic E-state index is 0.0330. The Bertz CT molecular complexity index is 2280. The largest absolute Gasteiger partial charge is 0.387 e. The highest BCUT2D eigenvalue weighted by molar-refractivity contribution is 7.29. The van der Waals surface area contributed by atoms with E-state index < -0.39 is 24.6 Å². The molecule has 0 radical (unpaired) electrons. The Morgan fingerprint density at radius 2 is 1.53 bits per heavy atom. The second-order valence-electron chi connectivity index (χ2n) is 15.0. The van der Waals surface area contributed by atoms with Crippen molar-refractivity contribution < 1.29 is 24.3 Å². The van der Waals surface area contributed by atoms with Crippen LogP contribution in [-0.2, 0) is 19.2 Å². The van der Waals surface area contributed by atoms with Gasteiger partial charge in [0.05, 0.1) is 34.2 Å². The van der Waals surface area contributed by atoms with Crippen LogP contribution in [0.3, 0.4) is 0 Å². The number of likely N-dealkylation sites (tertiary alicyclic amines) is 2. The zero-order chi connectivity index (χ0) is 39.0. The Labute approximate surface area is 327 Å². The quantitative estimate of drug-likeness (QED) is 0.120. The Balaban J connectivity index is 1.03. The number of fused-ring (bicyclic) bond motifs is 2. The van der Waals surface area contributed by atoms with Gasteiger partial charge in [-0.25, -0.2) is 9.97 Å². The number of nitrogens with one attached hydrogen (secondary N) is 4. The fourth-order valence-electron chi connectivity index (χ4n) is 7.53. The van der Waals surface area contributed by atoms with Gasteiger partial charge in [-0.3, -0.25) is 19.2 Å². The van der Waals surface area contributed by atoms with Crippen molar-refractivity contribution in [2.75, 3.05) is 19.7 Å². The van der Waals surface area contributed by atoms with Crippen molar-refractivity contribution in [3.8, 4) is 22.3 Å². The van der Waals surface area contributed by atoms with Gasteiger partial charge in [0, 0.05) is 34.3 Å². The summed E-state index contributed by atoms with van der Waals surface area (Å²) in [6.45, 7) is 9.59. The van der Waals surface area contributed by atoms with Crippen LogP contribution in [0.1, 0.15) is 94.6 Å². The molecule has 5 aromatic rings. The van der Waals surface area contributed by atoms with Crippen molar-refractivity contribution in [3.05, 3.63) is 58.7 Å². The van der Waals surface area contributed by atoms with Gasteiger partial charge in [0.1, 0.15) is 36.0 Å². The molecule has 0 spiro atoms. The lowest BCUT2D eigenvalue weighted by molar-refractivity contribution is -0.139. The minimum atomic E-state index is -0.721. The van der Waals surface area contributed by atoms with Crippen LogP contribution in [0.15, 0.2) is 36.5 Å². The molecule has 0 aliphatic carbocycles. The lowest BCUT2D eigenvalue weighted by Crippen LogP contribution is -2.51. The van der Waals surface area contributed by atoms with Gasteiger partial charge in [-0.2, -0.15) is 0 Å². The summed E-state index contributed by atoms with van der Waals surface area (Å²) >= 11 is 3.33. The van der Waals surface area contributed by atoms with E-state index in [1.807, 2.05) is 38.7 Å². The molecule has 2 saturated heterocycles. The Morgan fingerprint density at radius 1 is 0.873 bits per heavy atom. The molecule has 13 nitrogen and oxygen atoms in total. The average molecular weight is 783 g/mol. The molecule has 7 rings (SSSR count). The van der Waals surface area contributed by atoms with Crippen LogP contribution in [0.2, 0.25) is 0 Å². The Hall–Kier alpha value is -5.04. The lowest BCUT2D eigenvalue weighted by Gasteiger charge is -2.30. The summed E-state index contributed by atoms with van der Waals surface area (Å²) < 4.78 is 2.29. The number of amides is 4. The number of aromatic nitrogens is 4. The molecular weight excluding hydrogens is 737 g/mol. The normalized spacial score (nSPS) is 18.3. The monoisotopic (exact) mass is 782 g/mol. The predicted molar refractivity (Wildman–Crippen MR) is 213 cm³/mol. The van der Waals surface area contributed by atoms with Gasteiger partial charge >= 0.3 is 0 Å². The molecule has 2 aliphatic rings. The maximum Gasteiger partial charge on any atom is 0.246 e. The van der Waals surface area contributed by atoms with Crippen LogP contribution < -0.4 is 10.6 Å². The van der Waals surface area contributed by atoms with Crippen molar-refractivity contribution in [2.24, 2.45) is 11.8 Å². The molecule has 2 fully saturated rings. The molecule has 0 bridgehead atoms. The molecule has 1 unspecified atom stereocenters. The lowest BCUT2D eigenvalue weighted by atomic mass is 10.0. The van der Waals surface area contributed by atoms with E-state index in [0.717, 1.165) is 67.3 Å². The van der Waals surface area contributed by atoms with Crippen LogP contribution in [0, 0.1) is 23.7 Å². The third kappa shape index (κ3) is 8.03. The van der Waals surface area contributed by atoms with Gasteiger partial charge in [-0.15, -0.1) is 22.7 Å². The summed E-state index contributed by atoms with van der Waals surface area (Å²) in [6, 6.07) is 8.75. The maximum atomic E-state index is 13.6. The number of aliphatic hydroxyl groups excluding tert-OH is 1. The molecule has 4 aromatic heterocycles. The second-order valence-corrected chi connectivity index (χ2v) is 17.2. The molecule has 2 aliphatic heterocycles. The number of hydrogen-bond donors (Lipinski definition) is 5. The highest BCUT2D eigenvalue weighted by Gasteiger charge is 2.38. The topological polar surface area (TPSA) is 176 Å². The van der Waals surface area contributed by atoms with E-state index in [2.05, 4.69) is 61.7 Å². The summed E-state index contributed by atoms with van der Waals surface area (Å²) in [4.78, 5) is 72.7. The van der Waals surface area contributed by atoms with Crippen molar-refractivity contribution in [1.29, 1.82) is 0 Å². The van der Waals surface area contributed by atoms with E-state index in [0.29, 0.717) is 24.6 Å². The van der Waals surface area contributed by atoms with E-state index >= 15 is 0 Å². The van der Waals surface area contributed by atoms with Crippen molar-refractivity contribution in [3.63, 3.8) is 0 Å². The molecular formula is C40H46N8O5S2. The molecule has 1 aromatic carbocycles. The standard InChI is InChI=1S/C40H46N8O5S2/c1-21(2)35(42-23(5)50)39(52)47-14-6-8-29(47)37-41-19-25(43-37)11-12-26-17-32-33(54-26)18-31(55-32)24-10-13-27-28(16-24)45-38(44-27)30-9-7-15-48(30)40(53)36(22(3)4)46-34(51)20-49/h10,13,16-19,21-22,29-30,35-36,49H,6-9,14-15,20H2,1-5H3,(H,41,43)(H,42,50)(H,44,45)(H,46,51)/t29-,30?,35-,36-/m1/s1. The number of aliphatic hydroxyl groups is 1. The highest BCUT2D eigenvalue weighted by Crippen LogP contribution is 2.40. The third-order valence-corrected chi connectivity index (χ3v) is 12.6. The summed E-state index contributed by atoms with van der Waals surface area (Å²) in [6.07, 6.45) is 4.98.